The number of hydrogen-bond donors (Lipinski definition) is 0. The van der Waals surface area contributed by atoms with Crippen LogP contribution in [0.3, 0.4) is 0 Å². The van der Waals surface area contributed by atoms with E-state index in [2.05, 4.69) is 18.7 Å². The van der Waals surface area contributed by atoms with Crippen molar-refractivity contribution in [1.29, 1.82) is 0 Å². The Bertz CT molecular complexity index is 827. The molecule has 148 valence electrons. The van der Waals surface area contributed by atoms with Gasteiger partial charge >= 0.3 is 0 Å². The molecular weight excluding hydrogens is 362 g/mol. The second-order valence-electron chi connectivity index (χ2n) is 8.02. The highest BCUT2D eigenvalue weighted by molar-refractivity contribution is 7.89. The third kappa shape index (κ3) is 3.30. The summed E-state index contributed by atoms with van der Waals surface area (Å²) in [5.41, 5.74) is 1.87. The minimum absolute atomic E-state index is 0.0964. The lowest BCUT2D eigenvalue weighted by molar-refractivity contribution is -0.125. The summed E-state index contributed by atoms with van der Waals surface area (Å²) in [5.74, 6) is 0.357. The standard InChI is InChI=1S/C20H29N3O3S/c1-3-21-9-11-22(12-10-21)27(25,26)18-7-8-19-17(14-18)13-15(2)23(19)20(24)16-5-4-6-16/h7-8,14-16H,3-6,9-13H2,1-2H3. The maximum atomic E-state index is 13.1. The second-order valence-corrected chi connectivity index (χ2v) is 9.96. The smallest absolute Gasteiger partial charge is 0.243 e. The van der Waals surface area contributed by atoms with Crippen molar-refractivity contribution in [2.75, 3.05) is 37.6 Å². The zero-order valence-corrected chi connectivity index (χ0v) is 17.0. The number of carbonyl (C=O) groups is 1. The normalized spacial score (nSPS) is 24.7. The number of anilines is 1. The highest BCUT2D eigenvalue weighted by atomic mass is 32.2. The Morgan fingerprint density at radius 3 is 2.44 bits per heavy atom. The third-order valence-electron chi connectivity index (χ3n) is 6.37. The van der Waals surface area contributed by atoms with E-state index >= 15 is 0 Å². The van der Waals surface area contributed by atoms with E-state index in [1.807, 2.05) is 11.0 Å². The Balaban J connectivity index is 1.56. The first-order valence-electron chi connectivity index (χ1n) is 10.1. The molecule has 0 bridgehead atoms. The summed E-state index contributed by atoms with van der Waals surface area (Å²) < 4.78 is 27.7. The van der Waals surface area contributed by atoms with Crippen molar-refractivity contribution >= 4 is 21.6 Å². The lowest BCUT2D eigenvalue weighted by Gasteiger charge is -2.33. The Morgan fingerprint density at radius 2 is 1.85 bits per heavy atom. The van der Waals surface area contributed by atoms with E-state index in [-0.39, 0.29) is 17.9 Å². The second kappa shape index (κ2) is 7.18. The number of hydrogen-bond acceptors (Lipinski definition) is 4. The SMILES string of the molecule is CCN1CCN(S(=O)(=O)c2ccc3c(c2)CC(C)N3C(=O)C2CCC2)CC1. The summed E-state index contributed by atoms with van der Waals surface area (Å²) in [6.07, 6.45) is 3.82. The summed E-state index contributed by atoms with van der Waals surface area (Å²) >= 11 is 0. The molecule has 1 amide bonds. The predicted molar refractivity (Wildman–Crippen MR) is 105 cm³/mol. The lowest BCUT2D eigenvalue weighted by Crippen LogP contribution is -2.48. The molecule has 3 aliphatic rings. The van der Waals surface area contributed by atoms with Crippen LogP contribution in [0.5, 0.6) is 0 Å². The minimum atomic E-state index is -3.48. The first-order chi connectivity index (χ1) is 12.9. The number of piperazine rings is 1. The molecule has 0 spiro atoms. The number of nitrogens with zero attached hydrogens (tertiary/aromatic N) is 3. The average molecular weight is 392 g/mol. The van der Waals surface area contributed by atoms with Gasteiger partial charge in [0, 0.05) is 43.8 Å². The first kappa shape index (κ1) is 18.9. The van der Waals surface area contributed by atoms with E-state index in [0.29, 0.717) is 18.0 Å². The van der Waals surface area contributed by atoms with Crippen LogP contribution < -0.4 is 4.90 Å². The van der Waals surface area contributed by atoms with Crippen LogP contribution in [0.4, 0.5) is 5.69 Å². The van der Waals surface area contributed by atoms with Crippen molar-refractivity contribution in [3.63, 3.8) is 0 Å². The van der Waals surface area contributed by atoms with E-state index in [0.717, 1.165) is 56.6 Å². The fourth-order valence-electron chi connectivity index (χ4n) is 4.39. The molecule has 6 nitrogen and oxygen atoms in total. The summed E-state index contributed by atoms with van der Waals surface area (Å²) in [6, 6.07) is 5.41. The topological polar surface area (TPSA) is 60.9 Å². The fraction of sp³-hybridized carbons (Fsp3) is 0.650. The molecular formula is C20H29N3O3S. The molecule has 1 aromatic rings. The van der Waals surface area contributed by atoms with Crippen molar-refractivity contribution in [3.05, 3.63) is 23.8 Å². The van der Waals surface area contributed by atoms with E-state index in [1.165, 1.54) is 0 Å². The van der Waals surface area contributed by atoms with Gasteiger partial charge in [-0.15, -0.1) is 0 Å². The molecule has 2 aliphatic heterocycles. The fourth-order valence-corrected chi connectivity index (χ4v) is 5.86. The van der Waals surface area contributed by atoms with Crippen molar-refractivity contribution in [2.45, 2.75) is 50.5 Å². The van der Waals surface area contributed by atoms with Crippen LogP contribution in [0.1, 0.15) is 38.7 Å². The van der Waals surface area contributed by atoms with Crippen molar-refractivity contribution in [2.24, 2.45) is 5.92 Å². The number of carbonyl (C=O) groups excluding carboxylic acids is 1. The van der Waals surface area contributed by atoms with Crippen molar-refractivity contribution in [3.8, 4) is 0 Å². The van der Waals surface area contributed by atoms with Crippen molar-refractivity contribution < 1.29 is 13.2 Å². The molecule has 1 aliphatic carbocycles. The van der Waals surface area contributed by atoms with Crippen LogP contribution in [0.25, 0.3) is 0 Å². The van der Waals surface area contributed by atoms with E-state index in [4.69, 9.17) is 0 Å². The predicted octanol–water partition coefficient (Wildman–Crippen LogP) is 2.09. The van der Waals surface area contributed by atoms with Crippen LogP contribution in [0.2, 0.25) is 0 Å². The van der Waals surface area contributed by atoms with Gasteiger partial charge in [-0.2, -0.15) is 4.31 Å². The van der Waals surface area contributed by atoms with E-state index in [9.17, 15) is 13.2 Å². The summed E-state index contributed by atoms with van der Waals surface area (Å²) in [7, 11) is -3.48. The van der Waals surface area contributed by atoms with Gasteiger partial charge in [0.25, 0.3) is 0 Å². The first-order valence-corrected chi connectivity index (χ1v) is 11.5. The summed E-state index contributed by atoms with van der Waals surface area (Å²) in [6.45, 7) is 7.74. The number of fused-ring (bicyclic) bond motifs is 1. The monoisotopic (exact) mass is 391 g/mol. The Labute approximate surface area is 162 Å². The molecule has 0 radical (unpaired) electrons. The van der Waals surface area contributed by atoms with Gasteiger partial charge in [-0.05, 0) is 56.5 Å². The Hall–Kier alpha value is -1.44. The van der Waals surface area contributed by atoms with Gasteiger partial charge in [0.15, 0.2) is 0 Å². The Morgan fingerprint density at radius 1 is 1.15 bits per heavy atom. The molecule has 0 N–H and O–H groups in total. The highest BCUT2D eigenvalue weighted by Crippen LogP contribution is 2.38. The van der Waals surface area contributed by atoms with Gasteiger partial charge in [0.1, 0.15) is 0 Å². The molecule has 1 saturated heterocycles. The average Bonchev–Trinajstić information content (AvgIpc) is 2.95. The highest BCUT2D eigenvalue weighted by Gasteiger charge is 2.38. The largest absolute Gasteiger partial charge is 0.309 e. The molecule has 0 aromatic heterocycles. The lowest BCUT2D eigenvalue weighted by atomic mass is 9.84. The molecule has 27 heavy (non-hydrogen) atoms. The van der Waals surface area contributed by atoms with Crippen LogP contribution in [-0.2, 0) is 21.2 Å². The molecule has 2 heterocycles. The maximum absolute atomic E-state index is 13.1. The van der Waals surface area contributed by atoms with Crippen LogP contribution >= 0.6 is 0 Å². The molecule has 7 heteroatoms. The van der Waals surface area contributed by atoms with Crippen LogP contribution in [0, 0.1) is 5.92 Å². The number of likely N-dealkylation sites (N-methyl/N-ethyl adjacent to an activating group) is 1. The van der Waals surface area contributed by atoms with Crippen LogP contribution in [0.15, 0.2) is 23.1 Å². The minimum Gasteiger partial charge on any atom is -0.309 e. The van der Waals surface area contributed by atoms with Gasteiger partial charge < -0.3 is 9.80 Å². The molecule has 4 rings (SSSR count). The Kier molecular flexibility index (Phi) is 5.03. The number of sulfonamides is 1. The molecule has 1 aromatic carbocycles. The maximum Gasteiger partial charge on any atom is 0.243 e. The van der Waals surface area contributed by atoms with Crippen molar-refractivity contribution in [1.82, 2.24) is 9.21 Å². The van der Waals surface area contributed by atoms with Crippen LogP contribution in [-0.4, -0.2) is 62.3 Å². The van der Waals surface area contributed by atoms with E-state index < -0.39 is 10.0 Å². The summed E-state index contributed by atoms with van der Waals surface area (Å²) in [4.78, 5) is 17.3. The third-order valence-corrected chi connectivity index (χ3v) is 8.27. The molecule has 1 saturated carbocycles. The number of rotatable bonds is 4. The number of amides is 1. The zero-order valence-electron chi connectivity index (χ0n) is 16.2. The van der Waals surface area contributed by atoms with E-state index in [1.54, 1.807) is 16.4 Å². The molecule has 1 atom stereocenters. The molecule has 1 unspecified atom stereocenters. The van der Waals surface area contributed by atoms with Gasteiger partial charge in [0.05, 0.1) is 4.90 Å². The quantitative estimate of drug-likeness (QED) is 0.789. The zero-order chi connectivity index (χ0) is 19.2. The summed E-state index contributed by atoms with van der Waals surface area (Å²) in [5, 5.41) is 0. The molecule has 2 fully saturated rings. The van der Waals surface area contributed by atoms with Gasteiger partial charge in [-0.1, -0.05) is 13.3 Å². The van der Waals surface area contributed by atoms with Gasteiger partial charge in [-0.25, -0.2) is 8.42 Å². The van der Waals surface area contributed by atoms with Gasteiger partial charge in [-0.3, -0.25) is 4.79 Å². The number of benzene rings is 1. The van der Waals surface area contributed by atoms with Gasteiger partial charge in [0.2, 0.25) is 15.9 Å².